The maximum Gasteiger partial charge on any atom is 0.0548 e. The van der Waals surface area contributed by atoms with E-state index in [4.69, 9.17) is 5.73 Å². The van der Waals surface area contributed by atoms with Gasteiger partial charge in [-0.3, -0.25) is 4.21 Å². The molecule has 1 heterocycles. The van der Waals surface area contributed by atoms with Gasteiger partial charge in [-0.25, -0.2) is 0 Å². The molecule has 2 N–H and O–H groups in total. The predicted molar refractivity (Wildman–Crippen MR) is 57.1 cm³/mol. The Hall–Kier alpha value is -0.190. The lowest BCUT2D eigenvalue weighted by Gasteiger charge is -2.21. The minimum Gasteiger partial charge on any atom is -0.327 e. The van der Waals surface area contributed by atoms with Gasteiger partial charge in [-0.05, 0) is 24.1 Å². The minimum atomic E-state index is -0.911. The Kier molecular flexibility index (Phi) is 2.53. The third kappa shape index (κ3) is 1.71. The summed E-state index contributed by atoms with van der Waals surface area (Å²) in [5.74, 6) is 0.587. The molecular formula is C9H10BrNOS. The largest absolute Gasteiger partial charge is 0.327 e. The lowest BCUT2D eigenvalue weighted by atomic mass is 10.1. The summed E-state index contributed by atoms with van der Waals surface area (Å²) in [5, 5.41) is 0. The Labute approximate surface area is 88.1 Å². The molecule has 0 amide bonds. The molecule has 0 saturated heterocycles. The van der Waals surface area contributed by atoms with Crippen LogP contribution in [0.1, 0.15) is 5.56 Å². The fourth-order valence-electron chi connectivity index (χ4n) is 1.56. The van der Waals surface area contributed by atoms with Crippen LogP contribution in [0.4, 0.5) is 0 Å². The molecule has 1 aromatic rings. The molecule has 0 radical (unpaired) electrons. The topological polar surface area (TPSA) is 43.1 Å². The second kappa shape index (κ2) is 3.52. The first-order chi connectivity index (χ1) is 6.18. The van der Waals surface area contributed by atoms with E-state index in [2.05, 4.69) is 15.9 Å². The van der Waals surface area contributed by atoms with Crippen LogP contribution in [-0.4, -0.2) is 16.0 Å². The Morgan fingerprint density at radius 1 is 1.54 bits per heavy atom. The van der Waals surface area contributed by atoms with Gasteiger partial charge in [0.05, 0.1) is 10.8 Å². The average Bonchev–Trinajstić information content (AvgIpc) is 2.07. The van der Waals surface area contributed by atoms with Crippen molar-refractivity contribution < 1.29 is 4.21 Å². The van der Waals surface area contributed by atoms with Crippen molar-refractivity contribution in [1.82, 2.24) is 0 Å². The molecule has 0 spiro atoms. The molecule has 13 heavy (non-hydrogen) atoms. The van der Waals surface area contributed by atoms with E-state index in [1.807, 2.05) is 18.2 Å². The monoisotopic (exact) mass is 259 g/mol. The van der Waals surface area contributed by atoms with Gasteiger partial charge >= 0.3 is 0 Å². The van der Waals surface area contributed by atoms with Crippen LogP contribution in [0.3, 0.4) is 0 Å². The molecule has 0 aliphatic carbocycles. The zero-order chi connectivity index (χ0) is 9.42. The molecule has 2 nitrogen and oxygen atoms in total. The maximum atomic E-state index is 11.7. The third-order valence-electron chi connectivity index (χ3n) is 2.15. The van der Waals surface area contributed by atoms with Gasteiger partial charge in [0.1, 0.15) is 0 Å². The molecule has 4 heteroatoms. The highest BCUT2D eigenvalue weighted by atomic mass is 79.9. The summed E-state index contributed by atoms with van der Waals surface area (Å²) in [6.45, 7) is 0. The second-order valence-corrected chi connectivity index (χ2v) is 5.51. The van der Waals surface area contributed by atoms with Gasteiger partial charge < -0.3 is 5.73 Å². The van der Waals surface area contributed by atoms with E-state index in [1.165, 1.54) is 0 Å². The van der Waals surface area contributed by atoms with E-state index < -0.39 is 10.8 Å². The van der Waals surface area contributed by atoms with Crippen molar-refractivity contribution in [3.05, 3.63) is 28.2 Å². The van der Waals surface area contributed by atoms with Crippen LogP contribution in [0.15, 0.2) is 27.6 Å². The highest BCUT2D eigenvalue weighted by Gasteiger charge is 2.22. The number of nitrogens with two attached hydrogens (primary N) is 1. The van der Waals surface area contributed by atoms with Gasteiger partial charge in [-0.2, -0.15) is 0 Å². The molecule has 2 atom stereocenters. The molecule has 2 unspecified atom stereocenters. The van der Waals surface area contributed by atoms with E-state index in [-0.39, 0.29) is 6.04 Å². The van der Waals surface area contributed by atoms with E-state index in [1.54, 1.807) is 0 Å². The normalized spacial score (nSPS) is 26.9. The molecule has 1 aromatic carbocycles. The van der Waals surface area contributed by atoms with Crippen LogP contribution in [-0.2, 0) is 17.2 Å². The van der Waals surface area contributed by atoms with E-state index >= 15 is 0 Å². The first-order valence-corrected chi connectivity index (χ1v) is 6.21. The number of halogens is 1. The van der Waals surface area contributed by atoms with Crippen molar-refractivity contribution in [2.75, 3.05) is 5.75 Å². The molecule has 70 valence electrons. The van der Waals surface area contributed by atoms with Gasteiger partial charge in [0.15, 0.2) is 0 Å². The molecule has 2 rings (SSSR count). The van der Waals surface area contributed by atoms with Crippen LogP contribution in [0, 0.1) is 0 Å². The Morgan fingerprint density at radius 2 is 2.31 bits per heavy atom. The van der Waals surface area contributed by atoms with Gasteiger partial charge in [0, 0.05) is 21.2 Å². The smallest absolute Gasteiger partial charge is 0.0548 e. The highest BCUT2D eigenvalue weighted by Crippen LogP contribution is 2.28. The Morgan fingerprint density at radius 3 is 3.08 bits per heavy atom. The molecule has 1 aliphatic heterocycles. The number of fused-ring (bicyclic) bond motifs is 1. The quantitative estimate of drug-likeness (QED) is 0.767. The van der Waals surface area contributed by atoms with Gasteiger partial charge in [-0.15, -0.1) is 0 Å². The van der Waals surface area contributed by atoms with E-state index in [9.17, 15) is 4.21 Å². The lowest BCUT2D eigenvalue weighted by molar-refractivity contribution is 0.652. The van der Waals surface area contributed by atoms with Gasteiger partial charge in [0.2, 0.25) is 0 Å². The van der Waals surface area contributed by atoms with Gasteiger partial charge in [-0.1, -0.05) is 22.0 Å². The van der Waals surface area contributed by atoms with E-state index in [0.29, 0.717) is 5.75 Å². The predicted octanol–water partition coefficient (Wildman–Crippen LogP) is 1.44. The standard InChI is InChI=1S/C9H10BrNOS/c10-8-2-1-3-9-7(8)4-6(11)5-13(9)12/h1-3,6H,4-5,11H2. The van der Waals surface area contributed by atoms with Crippen LogP contribution < -0.4 is 5.73 Å². The van der Waals surface area contributed by atoms with Crippen LogP contribution in [0.5, 0.6) is 0 Å². The molecule has 0 fully saturated rings. The second-order valence-electron chi connectivity index (χ2n) is 3.19. The molecular weight excluding hydrogens is 250 g/mol. The minimum absolute atomic E-state index is 0.0343. The van der Waals surface area contributed by atoms with Crippen molar-refractivity contribution in [3.8, 4) is 0 Å². The SMILES string of the molecule is NC1Cc2c(Br)cccc2S(=O)C1. The number of hydrogen-bond acceptors (Lipinski definition) is 2. The summed E-state index contributed by atoms with van der Waals surface area (Å²) in [6.07, 6.45) is 0.822. The molecule has 0 saturated carbocycles. The first kappa shape index (κ1) is 9.37. The molecule has 0 aromatic heterocycles. The van der Waals surface area contributed by atoms with Crippen LogP contribution >= 0.6 is 15.9 Å². The van der Waals surface area contributed by atoms with Crippen molar-refractivity contribution in [2.45, 2.75) is 17.4 Å². The van der Waals surface area contributed by atoms with Crippen LogP contribution in [0.25, 0.3) is 0 Å². The van der Waals surface area contributed by atoms with Crippen LogP contribution in [0.2, 0.25) is 0 Å². The zero-order valence-corrected chi connectivity index (χ0v) is 9.40. The average molecular weight is 260 g/mol. The molecule has 1 aliphatic rings. The fourth-order valence-corrected chi connectivity index (χ4v) is 3.60. The van der Waals surface area contributed by atoms with Crippen molar-refractivity contribution in [3.63, 3.8) is 0 Å². The molecule has 0 bridgehead atoms. The van der Waals surface area contributed by atoms with Gasteiger partial charge in [0.25, 0.3) is 0 Å². The first-order valence-electron chi connectivity index (χ1n) is 4.10. The van der Waals surface area contributed by atoms with E-state index in [0.717, 1.165) is 21.4 Å². The zero-order valence-electron chi connectivity index (χ0n) is 7.00. The number of rotatable bonds is 0. The number of benzene rings is 1. The highest BCUT2D eigenvalue weighted by molar-refractivity contribution is 9.10. The van der Waals surface area contributed by atoms with Crippen molar-refractivity contribution in [2.24, 2.45) is 5.73 Å². The maximum absolute atomic E-state index is 11.7. The summed E-state index contributed by atoms with van der Waals surface area (Å²) in [7, 11) is -0.911. The number of hydrogen-bond donors (Lipinski definition) is 1. The Balaban J connectivity index is 2.55. The third-order valence-corrected chi connectivity index (χ3v) is 4.50. The summed E-state index contributed by atoms with van der Waals surface area (Å²) >= 11 is 3.45. The summed E-state index contributed by atoms with van der Waals surface area (Å²) in [6, 6.07) is 5.83. The summed E-state index contributed by atoms with van der Waals surface area (Å²) < 4.78 is 12.7. The van der Waals surface area contributed by atoms with Crippen molar-refractivity contribution in [1.29, 1.82) is 0 Å². The van der Waals surface area contributed by atoms with Crippen molar-refractivity contribution >= 4 is 26.7 Å². The fraction of sp³-hybridized carbons (Fsp3) is 0.333. The lowest BCUT2D eigenvalue weighted by Crippen LogP contribution is -2.33. The summed E-state index contributed by atoms with van der Waals surface area (Å²) in [4.78, 5) is 0.941. The summed E-state index contributed by atoms with van der Waals surface area (Å²) in [5.41, 5.74) is 6.91. The Bertz CT molecular complexity index is 367.